The second kappa shape index (κ2) is 6.58. The van der Waals surface area contributed by atoms with Crippen molar-refractivity contribution in [2.75, 3.05) is 32.7 Å². The standard InChI is InChI=1S/C13H26N2O/c1-2-3-4-7-14-8-9-15-10-12-5-6-13(11-15)16-12/h12-14H,2-11H2,1H3. The molecule has 0 amide bonds. The van der Waals surface area contributed by atoms with Crippen LogP contribution in [0.25, 0.3) is 0 Å². The molecule has 0 spiro atoms. The van der Waals surface area contributed by atoms with E-state index in [1.807, 2.05) is 0 Å². The van der Waals surface area contributed by atoms with Crippen molar-refractivity contribution in [3.05, 3.63) is 0 Å². The molecule has 2 aliphatic heterocycles. The number of nitrogens with one attached hydrogen (secondary N) is 1. The third-order valence-electron chi connectivity index (χ3n) is 3.68. The van der Waals surface area contributed by atoms with Gasteiger partial charge in [-0.3, -0.25) is 4.90 Å². The Hall–Kier alpha value is -0.120. The molecule has 2 aliphatic rings. The second-order valence-electron chi connectivity index (χ2n) is 5.17. The van der Waals surface area contributed by atoms with Crippen LogP contribution >= 0.6 is 0 Å². The van der Waals surface area contributed by atoms with Gasteiger partial charge >= 0.3 is 0 Å². The summed E-state index contributed by atoms with van der Waals surface area (Å²) in [5, 5.41) is 3.54. The van der Waals surface area contributed by atoms with E-state index in [0.717, 1.165) is 19.6 Å². The molecule has 3 heteroatoms. The first-order valence-corrected chi connectivity index (χ1v) is 6.97. The van der Waals surface area contributed by atoms with Crippen LogP contribution in [0.2, 0.25) is 0 Å². The minimum atomic E-state index is 0.541. The van der Waals surface area contributed by atoms with Crippen LogP contribution in [0.15, 0.2) is 0 Å². The molecule has 0 aliphatic carbocycles. The average molecular weight is 226 g/mol. The SMILES string of the molecule is CCCCCNCCN1CC2CCC(C1)O2. The van der Waals surface area contributed by atoms with E-state index in [1.54, 1.807) is 0 Å². The molecule has 2 fully saturated rings. The van der Waals surface area contributed by atoms with Crippen molar-refractivity contribution in [3.63, 3.8) is 0 Å². The van der Waals surface area contributed by atoms with E-state index in [1.165, 1.54) is 45.2 Å². The number of fused-ring (bicyclic) bond motifs is 2. The molecule has 2 bridgehead atoms. The Morgan fingerprint density at radius 2 is 1.88 bits per heavy atom. The number of hydrogen-bond donors (Lipinski definition) is 1. The van der Waals surface area contributed by atoms with Crippen LogP contribution in [0.3, 0.4) is 0 Å². The van der Waals surface area contributed by atoms with E-state index >= 15 is 0 Å². The summed E-state index contributed by atoms with van der Waals surface area (Å²) in [6, 6.07) is 0. The predicted molar refractivity (Wildman–Crippen MR) is 66.7 cm³/mol. The van der Waals surface area contributed by atoms with Crippen LogP contribution in [0.1, 0.15) is 39.0 Å². The molecule has 0 aromatic rings. The quantitative estimate of drug-likeness (QED) is 0.668. The van der Waals surface area contributed by atoms with Gasteiger partial charge in [-0.1, -0.05) is 19.8 Å². The maximum atomic E-state index is 5.82. The van der Waals surface area contributed by atoms with Gasteiger partial charge in [0, 0.05) is 26.2 Å². The Morgan fingerprint density at radius 1 is 1.12 bits per heavy atom. The summed E-state index contributed by atoms with van der Waals surface area (Å²) in [6.07, 6.45) is 7.64. The molecule has 2 unspecified atom stereocenters. The zero-order valence-electron chi connectivity index (χ0n) is 10.6. The van der Waals surface area contributed by atoms with E-state index < -0.39 is 0 Å². The van der Waals surface area contributed by atoms with Crippen molar-refractivity contribution in [2.24, 2.45) is 0 Å². The van der Waals surface area contributed by atoms with Crippen molar-refractivity contribution in [3.8, 4) is 0 Å². The summed E-state index contributed by atoms with van der Waals surface area (Å²) >= 11 is 0. The molecule has 0 saturated carbocycles. The summed E-state index contributed by atoms with van der Waals surface area (Å²) in [6.45, 7) is 8.10. The fourth-order valence-electron chi connectivity index (χ4n) is 2.74. The Kier molecular flexibility index (Phi) is 5.07. The van der Waals surface area contributed by atoms with Crippen molar-refractivity contribution in [1.29, 1.82) is 0 Å². The van der Waals surface area contributed by atoms with Gasteiger partial charge in [-0.2, -0.15) is 0 Å². The first-order chi connectivity index (χ1) is 7.88. The molecule has 0 aromatic carbocycles. The third kappa shape index (κ3) is 3.72. The molecule has 0 radical (unpaired) electrons. The average Bonchev–Trinajstić information content (AvgIpc) is 2.63. The molecule has 2 rings (SSSR count). The molecule has 16 heavy (non-hydrogen) atoms. The number of likely N-dealkylation sites (tertiary alicyclic amines) is 1. The smallest absolute Gasteiger partial charge is 0.0707 e. The lowest BCUT2D eigenvalue weighted by atomic mass is 10.2. The minimum Gasteiger partial charge on any atom is -0.372 e. The summed E-state index contributed by atoms with van der Waals surface area (Å²) in [4.78, 5) is 2.57. The van der Waals surface area contributed by atoms with Crippen LogP contribution in [0.5, 0.6) is 0 Å². The summed E-state index contributed by atoms with van der Waals surface area (Å²) in [5.74, 6) is 0. The van der Waals surface area contributed by atoms with Crippen LogP contribution in [0, 0.1) is 0 Å². The monoisotopic (exact) mass is 226 g/mol. The third-order valence-corrected chi connectivity index (χ3v) is 3.68. The largest absolute Gasteiger partial charge is 0.372 e. The zero-order chi connectivity index (χ0) is 11.2. The fraction of sp³-hybridized carbons (Fsp3) is 1.00. The first-order valence-electron chi connectivity index (χ1n) is 6.97. The number of hydrogen-bond acceptors (Lipinski definition) is 3. The van der Waals surface area contributed by atoms with Gasteiger partial charge in [0.05, 0.1) is 12.2 Å². The van der Waals surface area contributed by atoms with Crippen molar-refractivity contribution >= 4 is 0 Å². The lowest BCUT2D eigenvalue weighted by Crippen LogP contribution is -2.45. The number of unbranched alkanes of at least 4 members (excludes halogenated alkanes) is 2. The van der Waals surface area contributed by atoms with Crippen molar-refractivity contribution in [1.82, 2.24) is 10.2 Å². The van der Waals surface area contributed by atoms with Crippen LogP contribution < -0.4 is 5.32 Å². The molecule has 2 atom stereocenters. The normalized spacial score (nSPS) is 29.8. The molecule has 3 nitrogen and oxygen atoms in total. The first kappa shape index (κ1) is 12.3. The van der Waals surface area contributed by atoms with E-state index in [2.05, 4.69) is 17.1 Å². The molecular weight excluding hydrogens is 200 g/mol. The van der Waals surface area contributed by atoms with E-state index in [-0.39, 0.29) is 0 Å². The summed E-state index contributed by atoms with van der Waals surface area (Å²) in [5.41, 5.74) is 0. The van der Waals surface area contributed by atoms with Crippen LogP contribution in [0.4, 0.5) is 0 Å². The molecule has 2 saturated heterocycles. The van der Waals surface area contributed by atoms with Gasteiger partial charge in [0.2, 0.25) is 0 Å². The second-order valence-corrected chi connectivity index (χ2v) is 5.17. The van der Waals surface area contributed by atoms with Gasteiger partial charge in [-0.05, 0) is 25.8 Å². The summed E-state index contributed by atoms with van der Waals surface area (Å²) in [7, 11) is 0. The Morgan fingerprint density at radius 3 is 2.56 bits per heavy atom. The molecule has 0 aromatic heterocycles. The lowest BCUT2D eigenvalue weighted by Gasteiger charge is -2.32. The van der Waals surface area contributed by atoms with Gasteiger partial charge in [0.15, 0.2) is 0 Å². The van der Waals surface area contributed by atoms with Gasteiger partial charge in [0.1, 0.15) is 0 Å². The van der Waals surface area contributed by atoms with Gasteiger partial charge < -0.3 is 10.1 Å². The summed E-state index contributed by atoms with van der Waals surface area (Å²) < 4.78 is 5.82. The Bertz CT molecular complexity index is 186. The highest BCUT2D eigenvalue weighted by Crippen LogP contribution is 2.25. The van der Waals surface area contributed by atoms with E-state index in [0.29, 0.717) is 12.2 Å². The van der Waals surface area contributed by atoms with Crippen molar-refractivity contribution in [2.45, 2.75) is 51.2 Å². The maximum Gasteiger partial charge on any atom is 0.0707 e. The Balaban J connectivity index is 1.50. The Labute approximate surface area is 99.5 Å². The van der Waals surface area contributed by atoms with Crippen molar-refractivity contribution < 1.29 is 4.74 Å². The van der Waals surface area contributed by atoms with Gasteiger partial charge in [-0.15, -0.1) is 0 Å². The highest BCUT2D eigenvalue weighted by atomic mass is 16.5. The molecule has 2 heterocycles. The fourth-order valence-corrected chi connectivity index (χ4v) is 2.74. The molecule has 1 N–H and O–H groups in total. The zero-order valence-corrected chi connectivity index (χ0v) is 10.6. The van der Waals surface area contributed by atoms with Crippen LogP contribution in [-0.2, 0) is 4.74 Å². The highest BCUT2D eigenvalue weighted by Gasteiger charge is 2.33. The lowest BCUT2D eigenvalue weighted by molar-refractivity contribution is -0.0376. The molecular formula is C13H26N2O. The van der Waals surface area contributed by atoms with E-state index in [9.17, 15) is 0 Å². The molecule has 94 valence electrons. The number of morpholine rings is 1. The van der Waals surface area contributed by atoms with Gasteiger partial charge in [0.25, 0.3) is 0 Å². The number of rotatable bonds is 7. The maximum absolute atomic E-state index is 5.82. The highest BCUT2D eigenvalue weighted by molar-refractivity contribution is 4.84. The number of nitrogens with zero attached hydrogens (tertiary/aromatic N) is 1. The van der Waals surface area contributed by atoms with Gasteiger partial charge in [-0.25, -0.2) is 0 Å². The predicted octanol–water partition coefficient (Wildman–Crippen LogP) is 1.63. The van der Waals surface area contributed by atoms with E-state index in [4.69, 9.17) is 4.74 Å². The minimum absolute atomic E-state index is 0.541. The number of ether oxygens (including phenoxy) is 1. The van der Waals surface area contributed by atoms with Crippen LogP contribution in [-0.4, -0.2) is 49.8 Å². The topological polar surface area (TPSA) is 24.5 Å².